The molecule has 0 spiro atoms. The quantitative estimate of drug-likeness (QED) is 0.785. The number of ether oxygens (including phenoxy) is 2. The van der Waals surface area contributed by atoms with Crippen molar-refractivity contribution in [2.24, 2.45) is 0 Å². The van der Waals surface area contributed by atoms with Crippen molar-refractivity contribution in [2.45, 2.75) is 38.0 Å². The van der Waals surface area contributed by atoms with Crippen LogP contribution in [0, 0.1) is 0 Å². The molecule has 0 radical (unpaired) electrons. The van der Waals surface area contributed by atoms with Gasteiger partial charge in [0.25, 0.3) is 0 Å². The number of hydrogen-bond donors (Lipinski definition) is 0. The predicted molar refractivity (Wildman–Crippen MR) is 61.6 cm³/mol. The van der Waals surface area contributed by atoms with E-state index in [1.807, 2.05) is 13.1 Å². The van der Waals surface area contributed by atoms with E-state index in [2.05, 4.69) is 4.98 Å². The van der Waals surface area contributed by atoms with Gasteiger partial charge in [-0.15, -0.1) is 23.2 Å². The molecule has 1 aromatic rings. The van der Waals surface area contributed by atoms with Crippen molar-refractivity contribution >= 4 is 23.2 Å². The normalized spacial score (nSPS) is 19.1. The van der Waals surface area contributed by atoms with E-state index in [1.54, 1.807) is 0 Å². The van der Waals surface area contributed by atoms with Gasteiger partial charge in [-0.25, -0.2) is 4.98 Å². The van der Waals surface area contributed by atoms with Crippen molar-refractivity contribution in [3.63, 3.8) is 0 Å². The lowest BCUT2D eigenvalue weighted by Crippen LogP contribution is -2.29. The van der Waals surface area contributed by atoms with Crippen LogP contribution in [0.15, 0.2) is 6.20 Å². The summed E-state index contributed by atoms with van der Waals surface area (Å²) in [5.41, 5.74) is 2.89. The standard InChI is InChI=1S/C11H13Cl2NO2/c1-2-10-15-6-8-7(3-12)5-14-9(4-13)11(8)16-10/h5,10H,2-4,6H2,1H3/p+1. The number of aromatic nitrogens is 1. The Hall–Kier alpha value is -0.510. The zero-order valence-corrected chi connectivity index (χ0v) is 10.6. The van der Waals surface area contributed by atoms with Gasteiger partial charge in [0.2, 0.25) is 5.69 Å². The summed E-state index contributed by atoms with van der Waals surface area (Å²) in [5, 5.41) is 0. The highest BCUT2D eigenvalue weighted by Crippen LogP contribution is 2.32. The number of hydrogen-bond acceptors (Lipinski definition) is 2. The Bertz CT molecular complexity index is 384. The van der Waals surface area contributed by atoms with Crippen LogP contribution in [-0.4, -0.2) is 6.29 Å². The largest absolute Gasteiger partial charge is 0.458 e. The van der Waals surface area contributed by atoms with Crippen molar-refractivity contribution in [3.05, 3.63) is 23.0 Å². The minimum atomic E-state index is -0.187. The van der Waals surface area contributed by atoms with Crippen LogP contribution in [0.1, 0.15) is 30.2 Å². The van der Waals surface area contributed by atoms with E-state index in [4.69, 9.17) is 32.7 Å². The second kappa shape index (κ2) is 5.21. The first-order valence-electron chi connectivity index (χ1n) is 5.25. The summed E-state index contributed by atoms with van der Waals surface area (Å²) < 4.78 is 11.3. The van der Waals surface area contributed by atoms with Gasteiger partial charge in [-0.3, -0.25) is 0 Å². The maximum Gasteiger partial charge on any atom is 0.237 e. The summed E-state index contributed by atoms with van der Waals surface area (Å²) in [5.74, 6) is 1.64. The first-order chi connectivity index (χ1) is 7.80. The minimum absolute atomic E-state index is 0.187. The highest BCUT2D eigenvalue weighted by molar-refractivity contribution is 6.17. The molecule has 16 heavy (non-hydrogen) atoms. The molecule has 1 atom stereocenters. The second-order valence-electron chi connectivity index (χ2n) is 3.63. The predicted octanol–water partition coefficient (Wildman–Crippen LogP) is 2.62. The fourth-order valence-corrected chi connectivity index (χ4v) is 2.15. The highest BCUT2D eigenvalue weighted by atomic mass is 35.5. The monoisotopic (exact) mass is 262 g/mol. The molecule has 1 aliphatic rings. The zero-order chi connectivity index (χ0) is 11.5. The lowest BCUT2D eigenvalue weighted by molar-refractivity contribution is -0.391. The van der Waals surface area contributed by atoms with Crippen LogP contribution in [0.25, 0.3) is 0 Å². The van der Waals surface area contributed by atoms with E-state index in [9.17, 15) is 0 Å². The molecule has 2 rings (SSSR count). The number of alkyl halides is 2. The van der Waals surface area contributed by atoms with E-state index >= 15 is 0 Å². The molecule has 2 heterocycles. The molecule has 1 aromatic heterocycles. The molecule has 3 nitrogen and oxygen atoms in total. The van der Waals surface area contributed by atoms with Gasteiger partial charge in [-0.2, -0.15) is 0 Å². The zero-order valence-electron chi connectivity index (χ0n) is 9.06. The Balaban J connectivity index is 2.42. The Morgan fingerprint density at radius 2 is 2.25 bits per heavy atom. The van der Waals surface area contributed by atoms with Crippen molar-refractivity contribution in [1.82, 2.24) is 0 Å². The molecule has 0 saturated heterocycles. The SMILES string of the molecule is CCC1OCc2c(CCl)c[nH+]c(CCl)c2O1. The van der Waals surface area contributed by atoms with Gasteiger partial charge in [0.15, 0.2) is 18.2 Å². The summed E-state index contributed by atoms with van der Waals surface area (Å²) in [6, 6.07) is 0. The summed E-state index contributed by atoms with van der Waals surface area (Å²) in [6.07, 6.45) is 2.49. The van der Waals surface area contributed by atoms with Gasteiger partial charge in [-0.1, -0.05) is 6.92 Å². The minimum Gasteiger partial charge on any atom is -0.458 e. The number of aromatic amines is 1. The fourth-order valence-electron chi connectivity index (χ4n) is 1.72. The molecule has 88 valence electrons. The molecular weight excluding hydrogens is 249 g/mol. The first kappa shape index (κ1) is 12.0. The Morgan fingerprint density at radius 1 is 1.44 bits per heavy atom. The van der Waals surface area contributed by atoms with Crippen LogP contribution in [-0.2, 0) is 23.1 Å². The molecule has 5 heteroatoms. The summed E-state index contributed by atoms with van der Waals surface area (Å²) in [6.45, 7) is 2.56. The molecule has 0 aromatic carbocycles. The lowest BCUT2D eigenvalue weighted by atomic mass is 10.1. The molecule has 0 bridgehead atoms. The van der Waals surface area contributed by atoms with Gasteiger partial charge < -0.3 is 9.47 Å². The maximum absolute atomic E-state index is 5.87. The lowest BCUT2D eigenvalue weighted by Gasteiger charge is -2.26. The molecule has 0 amide bonds. The summed E-state index contributed by atoms with van der Waals surface area (Å²) >= 11 is 11.7. The number of nitrogens with one attached hydrogen (secondary N) is 1. The van der Waals surface area contributed by atoms with Crippen LogP contribution in [0.3, 0.4) is 0 Å². The van der Waals surface area contributed by atoms with Gasteiger partial charge in [-0.05, 0) is 0 Å². The molecular formula is C11H14Cl2NO2+. The average Bonchev–Trinajstić information content (AvgIpc) is 2.36. The van der Waals surface area contributed by atoms with E-state index < -0.39 is 0 Å². The maximum atomic E-state index is 5.87. The van der Waals surface area contributed by atoms with Crippen LogP contribution in [0.5, 0.6) is 5.75 Å². The van der Waals surface area contributed by atoms with Gasteiger partial charge >= 0.3 is 0 Å². The molecule has 0 saturated carbocycles. The second-order valence-corrected chi connectivity index (χ2v) is 4.17. The van der Waals surface area contributed by atoms with Crippen molar-refractivity contribution in [2.75, 3.05) is 0 Å². The van der Waals surface area contributed by atoms with E-state index in [0.29, 0.717) is 18.4 Å². The number of H-pyrrole nitrogens is 1. The van der Waals surface area contributed by atoms with Crippen molar-refractivity contribution < 1.29 is 14.5 Å². The first-order valence-corrected chi connectivity index (χ1v) is 6.32. The van der Waals surface area contributed by atoms with E-state index in [0.717, 1.165) is 29.0 Å². The summed E-state index contributed by atoms with van der Waals surface area (Å²) in [4.78, 5) is 3.11. The van der Waals surface area contributed by atoms with Gasteiger partial charge in [0, 0.05) is 17.5 Å². The molecule has 1 aliphatic heterocycles. The third-order valence-corrected chi connectivity index (χ3v) is 3.19. The number of fused-ring (bicyclic) bond motifs is 1. The van der Waals surface area contributed by atoms with Crippen LogP contribution in [0.4, 0.5) is 0 Å². The summed E-state index contributed by atoms with van der Waals surface area (Å²) in [7, 11) is 0. The molecule has 0 aliphatic carbocycles. The van der Waals surface area contributed by atoms with Gasteiger partial charge in [0.1, 0.15) is 5.88 Å². The fraction of sp³-hybridized carbons (Fsp3) is 0.545. The Kier molecular flexibility index (Phi) is 3.90. The van der Waals surface area contributed by atoms with Crippen LogP contribution >= 0.6 is 23.2 Å². The topological polar surface area (TPSA) is 32.6 Å². The van der Waals surface area contributed by atoms with Crippen molar-refractivity contribution in [3.8, 4) is 5.75 Å². The number of pyridine rings is 1. The highest BCUT2D eigenvalue weighted by Gasteiger charge is 2.27. The third-order valence-electron chi connectivity index (χ3n) is 2.63. The third kappa shape index (κ3) is 2.12. The van der Waals surface area contributed by atoms with Crippen LogP contribution in [0.2, 0.25) is 0 Å². The smallest absolute Gasteiger partial charge is 0.237 e. The van der Waals surface area contributed by atoms with E-state index in [-0.39, 0.29) is 6.29 Å². The van der Waals surface area contributed by atoms with Crippen molar-refractivity contribution in [1.29, 1.82) is 0 Å². The average molecular weight is 263 g/mol. The Morgan fingerprint density at radius 3 is 2.88 bits per heavy atom. The van der Waals surface area contributed by atoms with Crippen LogP contribution < -0.4 is 9.72 Å². The number of halogens is 2. The van der Waals surface area contributed by atoms with E-state index in [1.165, 1.54) is 0 Å². The molecule has 1 N–H and O–H groups in total. The number of rotatable bonds is 3. The molecule has 1 unspecified atom stereocenters. The van der Waals surface area contributed by atoms with Gasteiger partial charge in [0.05, 0.1) is 12.5 Å². The molecule has 0 fully saturated rings. The Labute approximate surface area is 105 Å².